The summed E-state index contributed by atoms with van der Waals surface area (Å²) in [7, 11) is 0. The Morgan fingerprint density at radius 1 is 0.692 bits per heavy atom. The molecule has 1 aliphatic rings. The average molecular weight is 177 g/mol. The summed E-state index contributed by atoms with van der Waals surface area (Å²) in [4.78, 5) is 0. The maximum absolute atomic E-state index is 2.33. The van der Waals surface area contributed by atoms with E-state index in [0.717, 1.165) is 0 Å². The van der Waals surface area contributed by atoms with Crippen LogP contribution in [0.15, 0.2) is 23.3 Å². The van der Waals surface area contributed by atoms with E-state index in [1.54, 1.807) is 0 Å². The van der Waals surface area contributed by atoms with Crippen LogP contribution in [0, 0.1) is 17.3 Å². The van der Waals surface area contributed by atoms with Crippen molar-refractivity contribution in [3.05, 3.63) is 29.7 Å². The zero-order valence-corrected chi connectivity index (χ0v) is 9.73. The summed E-state index contributed by atoms with van der Waals surface area (Å²) in [6.45, 7) is 13.6. The molecule has 0 amide bonds. The maximum Gasteiger partial charge on any atom is 0.0127 e. The highest BCUT2D eigenvalue weighted by atomic mass is 14.3. The molecule has 0 heterocycles. The summed E-state index contributed by atoms with van der Waals surface area (Å²) in [5, 5.41) is 0. The third-order valence-corrected chi connectivity index (χ3v) is 2.49. The lowest BCUT2D eigenvalue weighted by Gasteiger charge is -2.25. The number of hydrogen-bond donors (Lipinski definition) is 0. The van der Waals surface area contributed by atoms with Gasteiger partial charge >= 0.3 is 0 Å². The molecule has 0 aromatic carbocycles. The predicted octanol–water partition coefficient (Wildman–Crippen LogP) is 4.15. The van der Waals surface area contributed by atoms with Crippen LogP contribution in [0.25, 0.3) is 0 Å². The van der Waals surface area contributed by atoms with Gasteiger partial charge in [0.05, 0.1) is 0 Å². The Kier molecular flexibility index (Phi) is 2.44. The summed E-state index contributed by atoms with van der Waals surface area (Å²) in [6.07, 6.45) is 6.83. The summed E-state index contributed by atoms with van der Waals surface area (Å²) in [5.41, 5.74) is 3.45. The molecule has 0 aromatic rings. The SMILES string of the molecule is CC(C)(C)C1=CC=C(C(C)(C)C)[CH]1. The van der Waals surface area contributed by atoms with E-state index in [1.165, 1.54) is 11.1 Å². The van der Waals surface area contributed by atoms with Crippen molar-refractivity contribution >= 4 is 0 Å². The molecule has 0 fully saturated rings. The normalized spacial score (nSPS) is 18.6. The van der Waals surface area contributed by atoms with Crippen molar-refractivity contribution in [3.63, 3.8) is 0 Å². The Hall–Kier alpha value is -0.520. The largest absolute Gasteiger partial charge is 0.0619 e. The van der Waals surface area contributed by atoms with Crippen molar-refractivity contribution in [1.29, 1.82) is 0 Å². The van der Waals surface area contributed by atoms with Gasteiger partial charge in [-0.05, 0) is 10.8 Å². The summed E-state index contributed by atoms with van der Waals surface area (Å²) < 4.78 is 0. The molecule has 1 aliphatic carbocycles. The summed E-state index contributed by atoms with van der Waals surface area (Å²) >= 11 is 0. The Morgan fingerprint density at radius 2 is 1.00 bits per heavy atom. The Balaban J connectivity index is 2.71. The first-order valence-electron chi connectivity index (χ1n) is 4.99. The molecule has 0 saturated carbocycles. The average Bonchev–Trinajstić information content (AvgIpc) is 2.28. The highest BCUT2D eigenvalue weighted by Gasteiger charge is 2.26. The van der Waals surface area contributed by atoms with Crippen molar-refractivity contribution in [3.8, 4) is 0 Å². The van der Waals surface area contributed by atoms with Crippen LogP contribution < -0.4 is 0 Å². The third-order valence-electron chi connectivity index (χ3n) is 2.49. The van der Waals surface area contributed by atoms with Gasteiger partial charge in [0.1, 0.15) is 0 Å². The van der Waals surface area contributed by atoms with Crippen LogP contribution in [0.3, 0.4) is 0 Å². The number of rotatable bonds is 0. The van der Waals surface area contributed by atoms with Crippen molar-refractivity contribution < 1.29 is 0 Å². The molecule has 1 rings (SSSR count). The van der Waals surface area contributed by atoms with Crippen molar-refractivity contribution in [2.75, 3.05) is 0 Å². The van der Waals surface area contributed by atoms with Gasteiger partial charge in [0.25, 0.3) is 0 Å². The van der Waals surface area contributed by atoms with Gasteiger partial charge in [0.2, 0.25) is 0 Å². The lowest BCUT2D eigenvalue weighted by Crippen LogP contribution is -2.13. The van der Waals surface area contributed by atoms with Crippen molar-refractivity contribution in [2.45, 2.75) is 41.5 Å². The van der Waals surface area contributed by atoms with Crippen molar-refractivity contribution in [1.82, 2.24) is 0 Å². The first-order valence-corrected chi connectivity index (χ1v) is 4.99. The van der Waals surface area contributed by atoms with E-state index in [0.29, 0.717) is 0 Å². The topological polar surface area (TPSA) is 0 Å². The quantitative estimate of drug-likeness (QED) is 0.521. The molecule has 0 bridgehead atoms. The maximum atomic E-state index is 2.33. The predicted molar refractivity (Wildman–Crippen MR) is 59.4 cm³/mol. The van der Waals surface area contributed by atoms with Crippen LogP contribution in [0.1, 0.15) is 41.5 Å². The van der Waals surface area contributed by atoms with Gasteiger partial charge < -0.3 is 0 Å². The van der Waals surface area contributed by atoms with E-state index < -0.39 is 0 Å². The van der Waals surface area contributed by atoms with E-state index in [9.17, 15) is 0 Å². The molecule has 0 atom stereocenters. The highest BCUT2D eigenvalue weighted by Crippen LogP contribution is 2.39. The first-order chi connectivity index (χ1) is 5.71. The minimum absolute atomic E-state index is 0.281. The van der Waals surface area contributed by atoms with E-state index in [4.69, 9.17) is 0 Å². The smallest absolute Gasteiger partial charge is 0.0127 e. The molecule has 0 nitrogen and oxygen atoms in total. The number of hydrogen-bond acceptors (Lipinski definition) is 0. The summed E-state index contributed by atoms with van der Waals surface area (Å²) in [5.74, 6) is 0. The van der Waals surface area contributed by atoms with Gasteiger partial charge in [0, 0.05) is 6.42 Å². The van der Waals surface area contributed by atoms with Gasteiger partial charge in [-0.3, -0.25) is 0 Å². The van der Waals surface area contributed by atoms with Crippen molar-refractivity contribution in [2.24, 2.45) is 10.8 Å². The standard InChI is InChI=1S/C13H21/c1-12(2,3)10-7-8-11(9-10)13(4,5)6/h7-9H,1-6H3. The second-order valence-corrected chi connectivity index (χ2v) is 5.89. The molecule has 0 heteroatoms. The molecular formula is C13H21. The van der Waals surface area contributed by atoms with Gasteiger partial charge in [-0.1, -0.05) is 64.8 Å². The molecular weight excluding hydrogens is 156 g/mol. The molecule has 0 spiro atoms. The zero-order chi connectivity index (χ0) is 10.3. The molecule has 0 saturated heterocycles. The second kappa shape index (κ2) is 3.01. The van der Waals surface area contributed by atoms with E-state index in [1.807, 2.05) is 0 Å². The third kappa shape index (κ3) is 2.46. The minimum Gasteiger partial charge on any atom is -0.0619 e. The lowest BCUT2D eigenvalue weighted by molar-refractivity contribution is 0.488. The fraction of sp³-hybridized carbons (Fsp3) is 0.615. The van der Waals surface area contributed by atoms with Crippen LogP contribution in [0.2, 0.25) is 0 Å². The van der Waals surface area contributed by atoms with Gasteiger partial charge in [-0.25, -0.2) is 0 Å². The molecule has 0 unspecified atom stereocenters. The Bertz CT molecular complexity index is 223. The first kappa shape index (κ1) is 10.6. The zero-order valence-electron chi connectivity index (χ0n) is 9.73. The molecule has 0 N–H and O–H groups in total. The lowest BCUT2D eigenvalue weighted by atomic mass is 9.80. The molecule has 1 radical (unpaired) electrons. The fourth-order valence-electron chi connectivity index (χ4n) is 1.38. The number of allylic oxidation sites excluding steroid dienone is 4. The molecule has 0 aromatic heterocycles. The molecule has 13 heavy (non-hydrogen) atoms. The van der Waals surface area contributed by atoms with Gasteiger partial charge in [-0.15, -0.1) is 0 Å². The Morgan fingerprint density at radius 3 is 1.15 bits per heavy atom. The fourth-order valence-corrected chi connectivity index (χ4v) is 1.38. The summed E-state index contributed by atoms with van der Waals surface area (Å²) in [6, 6.07) is 0. The Labute approximate surface area is 82.7 Å². The second-order valence-electron chi connectivity index (χ2n) is 5.89. The van der Waals surface area contributed by atoms with Gasteiger partial charge in [0.15, 0.2) is 0 Å². The van der Waals surface area contributed by atoms with Crippen LogP contribution in [-0.4, -0.2) is 0 Å². The molecule has 73 valence electrons. The van der Waals surface area contributed by atoms with Crippen LogP contribution in [-0.2, 0) is 0 Å². The molecule has 0 aliphatic heterocycles. The van der Waals surface area contributed by atoms with Gasteiger partial charge in [-0.2, -0.15) is 0 Å². The van der Waals surface area contributed by atoms with Crippen LogP contribution in [0.5, 0.6) is 0 Å². The van der Waals surface area contributed by atoms with E-state index in [2.05, 4.69) is 60.1 Å². The van der Waals surface area contributed by atoms with Crippen LogP contribution >= 0.6 is 0 Å². The van der Waals surface area contributed by atoms with Crippen LogP contribution in [0.4, 0.5) is 0 Å². The van der Waals surface area contributed by atoms with E-state index in [-0.39, 0.29) is 10.8 Å². The van der Waals surface area contributed by atoms with E-state index >= 15 is 0 Å². The monoisotopic (exact) mass is 177 g/mol. The highest BCUT2D eigenvalue weighted by molar-refractivity contribution is 5.46. The minimum atomic E-state index is 0.281.